The third-order valence-corrected chi connectivity index (χ3v) is 2.72. The van der Waals surface area contributed by atoms with Crippen LogP contribution in [0.5, 0.6) is 0 Å². The lowest BCUT2D eigenvalue weighted by Gasteiger charge is -1.90. The van der Waals surface area contributed by atoms with Crippen LogP contribution >= 0.6 is 11.3 Å². The second-order valence-electron chi connectivity index (χ2n) is 2.75. The Bertz CT molecular complexity index is 425. The van der Waals surface area contributed by atoms with Gasteiger partial charge in [0.15, 0.2) is 4.96 Å². The van der Waals surface area contributed by atoms with E-state index in [1.54, 1.807) is 13.2 Å². The number of carbonyl (C=O) groups is 1. The molecule has 2 aromatic heterocycles. The Morgan fingerprint density at radius 1 is 1.62 bits per heavy atom. The lowest BCUT2D eigenvalue weighted by atomic mass is 10.5. The summed E-state index contributed by atoms with van der Waals surface area (Å²) in [7, 11) is 1.62. The normalized spacial score (nSPS) is 10.6. The van der Waals surface area contributed by atoms with Crippen molar-refractivity contribution in [2.24, 2.45) is 0 Å². The maximum absolute atomic E-state index is 11.2. The Morgan fingerprint density at radius 2 is 2.38 bits per heavy atom. The molecule has 0 aliphatic rings. The van der Waals surface area contributed by atoms with Crippen LogP contribution in [-0.2, 0) is 0 Å². The van der Waals surface area contributed by atoms with Crippen LogP contribution in [0, 0.1) is 6.92 Å². The smallest absolute Gasteiger partial charge is 0.262 e. The van der Waals surface area contributed by atoms with E-state index < -0.39 is 0 Å². The first kappa shape index (κ1) is 8.25. The molecule has 1 N–H and O–H groups in total. The third-order valence-electron chi connectivity index (χ3n) is 1.73. The molecule has 4 nitrogen and oxygen atoms in total. The zero-order chi connectivity index (χ0) is 9.42. The van der Waals surface area contributed by atoms with Crippen LogP contribution in [0.15, 0.2) is 12.4 Å². The highest BCUT2D eigenvalue weighted by atomic mass is 32.1. The first-order valence-electron chi connectivity index (χ1n) is 3.88. The number of thiazole rings is 1. The predicted molar refractivity (Wildman–Crippen MR) is 51.2 cm³/mol. The molecule has 2 heterocycles. The zero-order valence-corrected chi connectivity index (χ0v) is 8.18. The number of imidazole rings is 1. The molecule has 0 spiro atoms. The van der Waals surface area contributed by atoms with E-state index in [0.29, 0.717) is 4.88 Å². The molecule has 0 radical (unpaired) electrons. The summed E-state index contributed by atoms with van der Waals surface area (Å²) in [5.41, 5.74) is 0.967. The number of amides is 1. The van der Waals surface area contributed by atoms with Crippen LogP contribution in [-0.4, -0.2) is 22.3 Å². The highest BCUT2D eigenvalue weighted by Crippen LogP contribution is 2.17. The van der Waals surface area contributed by atoms with E-state index in [-0.39, 0.29) is 5.91 Å². The number of nitrogens with zero attached hydrogens (tertiary/aromatic N) is 2. The van der Waals surface area contributed by atoms with E-state index in [1.165, 1.54) is 11.3 Å². The minimum atomic E-state index is -0.0619. The minimum absolute atomic E-state index is 0.0619. The van der Waals surface area contributed by atoms with Gasteiger partial charge in [-0.05, 0) is 6.92 Å². The fraction of sp³-hybridized carbons (Fsp3) is 0.250. The van der Waals surface area contributed by atoms with E-state index >= 15 is 0 Å². The quantitative estimate of drug-likeness (QED) is 0.739. The minimum Gasteiger partial charge on any atom is -0.354 e. The largest absolute Gasteiger partial charge is 0.354 e. The van der Waals surface area contributed by atoms with E-state index in [9.17, 15) is 4.79 Å². The van der Waals surface area contributed by atoms with Crippen molar-refractivity contribution >= 4 is 22.2 Å². The summed E-state index contributed by atoms with van der Waals surface area (Å²) in [4.78, 5) is 17.0. The van der Waals surface area contributed by atoms with Gasteiger partial charge in [-0.2, -0.15) is 0 Å². The summed E-state index contributed by atoms with van der Waals surface area (Å²) in [6.07, 6.45) is 3.69. The van der Waals surface area contributed by atoms with Gasteiger partial charge in [0, 0.05) is 19.4 Å². The SMILES string of the molecule is CNC(=O)c1cn2cc(C)nc2s1. The number of fused-ring (bicyclic) bond motifs is 1. The van der Waals surface area contributed by atoms with Crippen molar-refractivity contribution < 1.29 is 4.79 Å². The van der Waals surface area contributed by atoms with Gasteiger partial charge >= 0.3 is 0 Å². The molecule has 5 heteroatoms. The Kier molecular flexibility index (Phi) is 1.81. The molecule has 0 saturated carbocycles. The molecule has 0 fully saturated rings. The topological polar surface area (TPSA) is 46.4 Å². The van der Waals surface area contributed by atoms with Gasteiger partial charge in [-0.25, -0.2) is 4.98 Å². The number of rotatable bonds is 1. The van der Waals surface area contributed by atoms with Gasteiger partial charge in [0.05, 0.1) is 5.69 Å². The molecule has 1 amide bonds. The number of nitrogens with one attached hydrogen (secondary N) is 1. The van der Waals surface area contributed by atoms with Gasteiger partial charge in [-0.15, -0.1) is 0 Å². The van der Waals surface area contributed by atoms with Crippen molar-refractivity contribution in [1.29, 1.82) is 0 Å². The Labute approximate surface area is 79.2 Å². The maximum atomic E-state index is 11.2. The summed E-state index contributed by atoms with van der Waals surface area (Å²) < 4.78 is 1.87. The summed E-state index contributed by atoms with van der Waals surface area (Å²) in [5.74, 6) is -0.0619. The monoisotopic (exact) mass is 195 g/mol. The average Bonchev–Trinajstić information content (AvgIpc) is 2.59. The van der Waals surface area contributed by atoms with E-state index in [1.807, 2.05) is 17.5 Å². The Morgan fingerprint density at radius 3 is 3.00 bits per heavy atom. The zero-order valence-electron chi connectivity index (χ0n) is 7.37. The maximum Gasteiger partial charge on any atom is 0.262 e. The predicted octanol–water partition coefficient (Wildman–Crippen LogP) is 1.06. The van der Waals surface area contributed by atoms with Crippen molar-refractivity contribution in [2.75, 3.05) is 7.05 Å². The van der Waals surface area contributed by atoms with Crippen molar-refractivity contribution in [3.05, 3.63) is 23.0 Å². The van der Waals surface area contributed by atoms with E-state index in [0.717, 1.165) is 10.7 Å². The van der Waals surface area contributed by atoms with Crippen LogP contribution in [0.2, 0.25) is 0 Å². The fourth-order valence-electron chi connectivity index (χ4n) is 1.14. The van der Waals surface area contributed by atoms with Crippen molar-refractivity contribution in [3.8, 4) is 0 Å². The van der Waals surface area contributed by atoms with Crippen LogP contribution in [0.4, 0.5) is 0 Å². The number of carbonyl (C=O) groups excluding carboxylic acids is 1. The first-order valence-corrected chi connectivity index (χ1v) is 4.69. The molecule has 68 valence electrons. The molecule has 0 atom stereocenters. The van der Waals surface area contributed by atoms with Crippen LogP contribution in [0.3, 0.4) is 0 Å². The molecule has 0 bridgehead atoms. The number of aryl methyl sites for hydroxylation is 1. The Balaban J connectivity index is 2.51. The lowest BCUT2D eigenvalue weighted by Crippen LogP contribution is -2.16. The molecule has 0 unspecified atom stereocenters. The van der Waals surface area contributed by atoms with Crippen molar-refractivity contribution in [3.63, 3.8) is 0 Å². The summed E-state index contributed by atoms with van der Waals surface area (Å²) in [5, 5.41) is 2.58. The van der Waals surface area contributed by atoms with Gasteiger partial charge in [0.1, 0.15) is 4.88 Å². The number of aromatic nitrogens is 2. The van der Waals surface area contributed by atoms with Crippen molar-refractivity contribution in [1.82, 2.24) is 14.7 Å². The number of hydrogen-bond donors (Lipinski definition) is 1. The molecule has 2 rings (SSSR count). The molecule has 0 saturated heterocycles. The summed E-state index contributed by atoms with van der Waals surface area (Å²) >= 11 is 1.39. The van der Waals surface area contributed by atoms with Gasteiger partial charge in [-0.3, -0.25) is 9.20 Å². The van der Waals surface area contributed by atoms with Gasteiger partial charge in [0.2, 0.25) is 0 Å². The standard InChI is InChI=1S/C8H9N3OS/c1-5-3-11-4-6(7(12)9-2)13-8(11)10-5/h3-4H,1-2H3,(H,9,12). The molecular formula is C8H9N3OS. The first-order chi connectivity index (χ1) is 6.20. The molecular weight excluding hydrogens is 186 g/mol. The van der Waals surface area contributed by atoms with Gasteiger partial charge < -0.3 is 5.32 Å². The average molecular weight is 195 g/mol. The molecule has 0 aliphatic heterocycles. The van der Waals surface area contributed by atoms with Crippen LogP contribution < -0.4 is 5.32 Å². The molecule has 0 aromatic carbocycles. The highest BCUT2D eigenvalue weighted by Gasteiger charge is 2.09. The van der Waals surface area contributed by atoms with Crippen molar-refractivity contribution in [2.45, 2.75) is 6.92 Å². The van der Waals surface area contributed by atoms with E-state index in [2.05, 4.69) is 10.3 Å². The number of hydrogen-bond acceptors (Lipinski definition) is 3. The second-order valence-corrected chi connectivity index (χ2v) is 3.76. The van der Waals surface area contributed by atoms with Gasteiger partial charge in [0.25, 0.3) is 5.91 Å². The second kappa shape index (κ2) is 2.85. The lowest BCUT2D eigenvalue weighted by molar-refractivity contribution is 0.0967. The summed E-state index contributed by atoms with van der Waals surface area (Å²) in [6, 6.07) is 0. The molecule has 2 aromatic rings. The fourth-order valence-corrected chi connectivity index (χ4v) is 2.10. The third kappa shape index (κ3) is 1.31. The Hall–Kier alpha value is -1.36. The molecule has 13 heavy (non-hydrogen) atoms. The summed E-state index contributed by atoms with van der Waals surface area (Å²) in [6.45, 7) is 1.93. The van der Waals surface area contributed by atoms with Crippen LogP contribution in [0.25, 0.3) is 4.96 Å². The highest BCUT2D eigenvalue weighted by molar-refractivity contribution is 7.18. The van der Waals surface area contributed by atoms with Crippen LogP contribution in [0.1, 0.15) is 15.4 Å². The van der Waals surface area contributed by atoms with E-state index in [4.69, 9.17) is 0 Å². The van der Waals surface area contributed by atoms with Gasteiger partial charge in [-0.1, -0.05) is 11.3 Å². The molecule has 0 aliphatic carbocycles.